The summed E-state index contributed by atoms with van der Waals surface area (Å²) in [6.07, 6.45) is -1.17. The largest absolute Gasteiger partial charge is 0.387 e. The molecule has 2 N–H and O–H groups in total. The van der Waals surface area contributed by atoms with Crippen molar-refractivity contribution in [2.45, 2.75) is 12.6 Å². The lowest BCUT2D eigenvalue weighted by molar-refractivity contribution is 0.0660. The molecule has 1 fully saturated rings. The second kappa shape index (κ2) is 7.72. The van der Waals surface area contributed by atoms with Crippen molar-refractivity contribution in [2.24, 2.45) is 0 Å². The van der Waals surface area contributed by atoms with Gasteiger partial charge in [0.1, 0.15) is 17.5 Å². The molecule has 7 heteroatoms. The number of aromatic amines is 1. The highest BCUT2D eigenvalue weighted by atomic mass is 19.1. The highest BCUT2D eigenvalue weighted by Crippen LogP contribution is 2.22. The molecule has 2 aromatic carbocycles. The lowest BCUT2D eigenvalue weighted by atomic mass is 10.1. The number of aliphatic hydroxyl groups excluding tert-OH is 1. The maximum absolute atomic E-state index is 13.8. The molecule has 2 heterocycles. The number of β-amino-alcohol motifs (C(OH)–C–C–N with tert-alkyl or cyclic N) is 1. The van der Waals surface area contributed by atoms with Gasteiger partial charge in [-0.3, -0.25) is 9.80 Å². The number of nitrogens with zero attached hydrogens (tertiary/aromatic N) is 3. The van der Waals surface area contributed by atoms with Crippen molar-refractivity contribution >= 4 is 11.0 Å². The van der Waals surface area contributed by atoms with Gasteiger partial charge in [-0.15, -0.1) is 0 Å². The molecule has 0 radical (unpaired) electrons. The first kappa shape index (κ1) is 18.0. The summed E-state index contributed by atoms with van der Waals surface area (Å²) in [5.41, 5.74) is 1.74. The third kappa shape index (κ3) is 4.00. The number of aromatic nitrogens is 2. The highest BCUT2D eigenvalue weighted by Gasteiger charge is 2.24. The lowest BCUT2D eigenvalue weighted by Crippen LogP contribution is -2.47. The fourth-order valence-electron chi connectivity index (χ4n) is 3.59. The minimum atomic E-state index is -1.17. The molecule has 142 valence electrons. The molecule has 4 rings (SSSR count). The quantitative estimate of drug-likeness (QED) is 0.723. The average Bonchev–Trinajstić information content (AvgIpc) is 3.05. The highest BCUT2D eigenvalue weighted by molar-refractivity contribution is 5.74. The number of fused-ring (bicyclic) bond motifs is 1. The van der Waals surface area contributed by atoms with Crippen LogP contribution >= 0.6 is 0 Å². The first-order chi connectivity index (χ1) is 13.1. The van der Waals surface area contributed by atoms with Crippen LogP contribution in [-0.2, 0) is 6.54 Å². The van der Waals surface area contributed by atoms with Crippen LogP contribution in [0.1, 0.15) is 17.5 Å². The van der Waals surface area contributed by atoms with Crippen LogP contribution in [0.15, 0.2) is 42.5 Å². The Bertz CT molecular complexity index is 868. The Morgan fingerprint density at radius 1 is 0.963 bits per heavy atom. The Morgan fingerprint density at radius 3 is 2.33 bits per heavy atom. The van der Waals surface area contributed by atoms with Crippen LogP contribution in [0, 0.1) is 11.6 Å². The number of hydrogen-bond acceptors (Lipinski definition) is 4. The van der Waals surface area contributed by atoms with E-state index in [2.05, 4.69) is 14.9 Å². The molecular weight excluding hydrogens is 350 g/mol. The molecule has 5 nitrogen and oxygen atoms in total. The number of imidazole rings is 1. The first-order valence-corrected chi connectivity index (χ1v) is 9.10. The number of H-pyrrole nitrogens is 1. The van der Waals surface area contributed by atoms with Crippen molar-refractivity contribution in [2.75, 3.05) is 32.7 Å². The van der Waals surface area contributed by atoms with Crippen molar-refractivity contribution in [1.29, 1.82) is 0 Å². The van der Waals surface area contributed by atoms with E-state index >= 15 is 0 Å². The average molecular weight is 372 g/mol. The summed E-state index contributed by atoms with van der Waals surface area (Å²) in [5, 5.41) is 10.3. The molecule has 0 amide bonds. The summed E-state index contributed by atoms with van der Waals surface area (Å²) in [4.78, 5) is 12.2. The van der Waals surface area contributed by atoms with E-state index in [-0.39, 0.29) is 12.1 Å². The molecule has 1 unspecified atom stereocenters. The zero-order valence-corrected chi connectivity index (χ0v) is 14.9. The fraction of sp³-hybridized carbons (Fsp3) is 0.350. The second-order valence-electron chi connectivity index (χ2n) is 6.93. The molecule has 1 aromatic heterocycles. The van der Waals surface area contributed by atoms with E-state index < -0.39 is 17.7 Å². The van der Waals surface area contributed by atoms with Crippen LogP contribution in [0.2, 0.25) is 0 Å². The molecule has 0 bridgehead atoms. The molecule has 1 aliphatic rings. The second-order valence-corrected chi connectivity index (χ2v) is 6.93. The topological polar surface area (TPSA) is 55.4 Å². The van der Waals surface area contributed by atoms with Crippen LogP contribution in [0.4, 0.5) is 8.78 Å². The van der Waals surface area contributed by atoms with E-state index in [4.69, 9.17) is 0 Å². The van der Waals surface area contributed by atoms with Crippen LogP contribution < -0.4 is 0 Å². The zero-order valence-electron chi connectivity index (χ0n) is 14.9. The van der Waals surface area contributed by atoms with Gasteiger partial charge in [0.2, 0.25) is 0 Å². The van der Waals surface area contributed by atoms with E-state index in [1.165, 1.54) is 18.2 Å². The van der Waals surface area contributed by atoms with Gasteiger partial charge in [-0.1, -0.05) is 18.2 Å². The van der Waals surface area contributed by atoms with Gasteiger partial charge in [0.15, 0.2) is 0 Å². The van der Waals surface area contributed by atoms with Gasteiger partial charge in [0.25, 0.3) is 0 Å². The number of nitrogens with one attached hydrogen (secondary N) is 1. The van der Waals surface area contributed by atoms with Crippen LogP contribution in [0.3, 0.4) is 0 Å². The van der Waals surface area contributed by atoms with Crippen molar-refractivity contribution in [3.63, 3.8) is 0 Å². The standard InChI is InChI=1S/C20H22F2N4O/c21-14-4-3-5-15(22)20(14)18(27)12-25-8-10-26(11-9-25)13-19-23-16-6-1-2-7-17(16)24-19/h1-7,18,27H,8-13H2,(H,23,24). The third-order valence-corrected chi connectivity index (χ3v) is 5.04. The Hall–Kier alpha value is -2.35. The summed E-state index contributed by atoms with van der Waals surface area (Å²) >= 11 is 0. The maximum Gasteiger partial charge on any atom is 0.131 e. The Labute approximate surface area is 156 Å². The predicted molar refractivity (Wildman–Crippen MR) is 99.1 cm³/mol. The molecule has 0 aliphatic carbocycles. The third-order valence-electron chi connectivity index (χ3n) is 5.04. The summed E-state index contributed by atoms with van der Waals surface area (Å²) in [6.45, 7) is 4.02. The summed E-state index contributed by atoms with van der Waals surface area (Å²) < 4.78 is 27.6. The molecule has 27 heavy (non-hydrogen) atoms. The smallest absolute Gasteiger partial charge is 0.131 e. The number of aliphatic hydroxyl groups is 1. The van der Waals surface area contributed by atoms with E-state index in [1.54, 1.807) is 0 Å². The van der Waals surface area contributed by atoms with Crippen molar-refractivity contribution in [3.8, 4) is 0 Å². The van der Waals surface area contributed by atoms with E-state index in [0.29, 0.717) is 0 Å². The molecule has 0 spiro atoms. The van der Waals surface area contributed by atoms with E-state index in [9.17, 15) is 13.9 Å². The number of para-hydroxylation sites is 2. The van der Waals surface area contributed by atoms with Crippen molar-refractivity contribution in [1.82, 2.24) is 19.8 Å². The van der Waals surface area contributed by atoms with Gasteiger partial charge in [0.05, 0.1) is 29.2 Å². The van der Waals surface area contributed by atoms with Crippen LogP contribution in [0.25, 0.3) is 11.0 Å². The number of piperazine rings is 1. The first-order valence-electron chi connectivity index (χ1n) is 9.10. The van der Waals surface area contributed by atoms with Gasteiger partial charge >= 0.3 is 0 Å². The minimum Gasteiger partial charge on any atom is -0.387 e. The summed E-state index contributed by atoms with van der Waals surface area (Å²) in [7, 11) is 0. The van der Waals surface area contributed by atoms with Crippen molar-refractivity contribution in [3.05, 3.63) is 65.5 Å². The Kier molecular flexibility index (Phi) is 5.15. The fourth-order valence-corrected chi connectivity index (χ4v) is 3.59. The van der Waals surface area contributed by atoms with Crippen LogP contribution in [0.5, 0.6) is 0 Å². The van der Waals surface area contributed by atoms with Crippen molar-refractivity contribution < 1.29 is 13.9 Å². The summed E-state index contributed by atoms with van der Waals surface area (Å²) in [6, 6.07) is 11.6. The van der Waals surface area contributed by atoms with Gasteiger partial charge in [-0.05, 0) is 24.3 Å². The Morgan fingerprint density at radius 2 is 1.63 bits per heavy atom. The predicted octanol–water partition coefficient (Wildman–Crippen LogP) is 2.69. The number of rotatable bonds is 5. The Balaban J connectivity index is 1.32. The van der Waals surface area contributed by atoms with Gasteiger partial charge in [-0.25, -0.2) is 13.8 Å². The normalized spacial score (nSPS) is 17.4. The van der Waals surface area contributed by atoms with Gasteiger partial charge < -0.3 is 10.1 Å². The number of benzene rings is 2. The minimum absolute atomic E-state index is 0.219. The molecule has 1 saturated heterocycles. The summed E-state index contributed by atoms with van der Waals surface area (Å²) in [5.74, 6) is -0.477. The lowest BCUT2D eigenvalue weighted by Gasteiger charge is -2.35. The molecule has 0 saturated carbocycles. The molecule has 3 aromatic rings. The number of halogens is 2. The molecule has 1 aliphatic heterocycles. The van der Waals surface area contributed by atoms with Gasteiger partial charge in [-0.2, -0.15) is 0 Å². The van der Waals surface area contributed by atoms with Gasteiger partial charge in [0, 0.05) is 32.7 Å². The van der Waals surface area contributed by atoms with Crippen LogP contribution in [-0.4, -0.2) is 57.6 Å². The molecular formula is C20H22F2N4O. The zero-order chi connectivity index (χ0) is 18.8. The van der Waals surface area contributed by atoms with E-state index in [1.807, 2.05) is 29.2 Å². The monoisotopic (exact) mass is 372 g/mol. The molecule has 1 atom stereocenters. The SMILES string of the molecule is OC(CN1CCN(Cc2nc3ccccc3[nH]2)CC1)c1c(F)cccc1F. The maximum atomic E-state index is 13.8. The van der Waals surface area contributed by atoms with E-state index in [0.717, 1.165) is 49.6 Å². The number of hydrogen-bond donors (Lipinski definition) is 2.